The van der Waals surface area contributed by atoms with Gasteiger partial charge in [-0.3, -0.25) is 4.79 Å². The number of aromatic nitrogens is 1. The number of hydrogen-bond acceptors (Lipinski definition) is 5. The Hall–Kier alpha value is -1.34. The van der Waals surface area contributed by atoms with E-state index in [-0.39, 0.29) is 12.0 Å². The molecule has 1 saturated heterocycles. The van der Waals surface area contributed by atoms with Crippen molar-refractivity contribution in [3.63, 3.8) is 0 Å². The largest absolute Gasteiger partial charge is 0.450 e. The molecule has 1 aliphatic heterocycles. The minimum Gasteiger partial charge on any atom is -0.450 e. The normalized spacial score (nSPS) is 15.1. The molecule has 0 aliphatic carbocycles. The van der Waals surface area contributed by atoms with E-state index in [1.54, 1.807) is 16.7 Å². The zero-order valence-corrected chi connectivity index (χ0v) is 13.5. The van der Waals surface area contributed by atoms with E-state index >= 15 is 0 Å². The van der Waals surface area contributed by atoms with Gasteiger partial charge in [0, 0.05) is 31.6 Å². The number of amides is 2. The standard InChI is InChI=1S/C13H18ClN3O3S/c1-2-20-13(19)17-5-3-16(4-6-17)12(18)7-11-15-10(8-14)9-21-11/h9H,2-8H2,1H3. The van der Waals surface area contributed by atoms with Crippen molar-refractivity contribution in [2.45, 2.75) is 19.2 Å². The fourth-order valence-corrected chi connectivity index (χ4v) is 3.10. The third-order valence-electron chi connectivity index (χ3n) is 3.20. The summed E-state index contributed by atoms with van der Waals surface area (Å²) in [5.41, 5.74) is 0.802. The van der Waals surface area contributed by atoms with Gasteiger partial charge in [0.2, 0.25) is 5.91 Å². The molecule has 2 amide bonds. The molecule has 2 rings (SSSR count). The van der Waals surface area contributed by atoms with E-state index in [4.69, 9.17) is 16.3 Å². The van der Waals surface area contributed by atoms with Crippen molar-refractivity contribution in [2.75, 3.05) is 32.8 Å². The quantitative estimate of drug-likeness (QED) is 0.788. The third kappa shape index (κ3) is 4.31. The maximum atomic E-state index is 12.2. The first kappa shape index (κ1) is 16.0. The highest BCUT2D eigenvalue weighted by molar-refractivity contribution is 7.09. The molecule has 21 heavy (non-hydrogen) atoms. The molecular formula is C13H18ClN3O3S. The molecule has 0 bridgehead atoms. The van der Waals surface area contributed by atoms with E-state index in [9.17, 15) is 9.59 Å². The van der Waals surface area contributed by atoms with E-state index in [1.165, 1.54) is 11.3 Å². The minimum absolute atomic E-state index is 0.0361. The van der Waals surface area contributed by atoms with Gasteiger partial charge >= 0.3 is 6.09 Å². The molecule has 0 atom stereocenters. The predicted octanol–water partition coefficient (Wildman–Crippen LogP) is 1.73. The molecule has 0 unspecified atom stereocenters. The Labute approximate surface area is 132 Å². The molecule has 0 saturated carbocycles. The summed E-state index contributed by atoms with van der Waals surface area (Å²) in [5.74, 6) is 0.400. The first-order valence-electron chi connectivity index (χ1n) is 6.82. The van der Waals surface area contributed by atoms with E-state index in [2.05, 4.69) is 4.98 Å². The zero-order valence-electron chi connectivity index (χ0n) is 11.9. The van der Waals surface area contributed by atoms with Crippen LogP contribution in [0, 0.1) is 0 Å². The number of rotatable bonds is 4. The van der Waals surface area contributed by atoms with Crippen molar-refractivity contribution < 1.29 is 14.3 Å². The van der Waals surface area contributed by atoms with Gasteiger partial charge in [0.15, 0.2) is 0 Å². The molecule has 116 valence electrons. The predicted molar refractivity (Wildman–Crippen MR) is 80.6 cm³/mol. The molecule has 0 aromatic carbocycles. The van der Waals surface area contributed by atoms with E-state index in [1.807, 2.05) is 5.38 Å². The molecule has 6 nitrogen and oxygen atoms in total. The summed E-state index contributed by atoms with van der Waals surface area (Å²) in [6.45, 7) is 4.23. The van der Waals surface area contributed by atoms with Gasteiger partial charge in [-0.1, -0.05) is 0 Å². The van der Waals surface area contributed by atoms with Crippen molar-refractivity contribution in [2.24, 2.45) is 0 Å². The number of piperazine rings is 1. The average Bonchev–Trinajstić information content (AvgIpc) is 2.95. The Balaban J connectivity index is 1.81. The Morgan fingerprint density at radius 3 is 2.57 bits per heavy atom. The number of thiazole rings is 1. The van der Waals surface area contributed by atoms with Crippen LogP contribution in [0.4, 0.5) is 4.79 Å². The number of ether oxygens (including phenoxy) is 1. The number of alkyl halides is 1. The van der Waals surface area contributed by atoms with Crippen LogP contribution in [-0.2, 0) is 21.8 Å². The van der Waals surface area contributed by atoms with Crippen LogP contribution < -0.4 is 0 Å². The molecule has 1 aliphatic rings. The maximum absolute atomic E-state index is 12.2. The number of carbonyl (C=O) groups excluding carboxylic acids is 2. The summed E-state index contributed by atoms with van der Waals surface area (Å²) in [4.78, 5) is 31.4. The van der Waals surface area contributed by atoms with Gasteiger partial charge in [-0.2, -0.15) is 0 Å². The van der Waals surface area contributed by atoms with Crippen LogP contribution in [0.25, 0.3) is 0 Å². The number of hydrogen-bond donors (Lipinski definition) is 0. The first-order chi connectivity index (χ1) is 10.1. The molecule has 0 radical (unpaired) electrons. The first-order valence-corrected chi connectivity index (χ1v) is 8.24. The van der Waals surface area contributed by atoms with E-state index in [0.29, 0.717) is 45.1 Å². The highest BCUT2D eigenvalue weighted by Gasteiger charge is 2.25. The smallest absolute Gasteiger partial charge is 0.409 e. The Morgan fingerprint density at radius 1 is 1.33 bits per heavy atom. The highest BCUT2D eigenvalue weighted by atomic mass is 35.5. The van der Waals surface area contributed by atoms with Crippen molar-refractivity contribution in [1.82, 2.24) is 14.8 Å². The lowest BCUT2D eigenvalue weighted by Crippen LogP contribution is -2.51. The summed E-state index contributed by atoms with van der Waals surface area (Å²) in [5, 5.41) is 2.65. The van der Waals surface area contributed by atoms with Crippen molar-refractivity contribution in [1.29, 1.82) is 0 Å². The Bertz CT molecular complexity index is 501. The lowest BCUT2D eigenvalue weighted by Gasteiger charge is -2.33. The third-order valence-corrected chi connectivity index (χ3v) is 4.37. The molecule has 2 heterocycles. The van der Waals surface area contributed by atoms with Gasteiger partial charge < -0.3 is 14.5 Å². The van der Waals surface area contributed by atoms with Gasteiger partial charge in [0.1, 0.15) is 5.01 Å². The average molecular weight is 332 g/mol. The fraction of sp³-hybridized carbons (Fsp3) is 0.615. The van der Waals surface area contributed by atoms with Crippen LogP contribution in [0.2, 0.25) is 0 Å². The molecule has 8 heteroatoms. The molecular weight excluding hydrogens is 314 g/mol. The molecule has 0 N–H and O–H groups in total. The van der Waals surface area contributed by atoms with Crippen molar-refractivity contribution >= 4 is 34.9 Å². The summed E-state index contributed by atoms with van der Waals surface area (Å²) in [6.07, 6.45) is -0.0164. The fourth-order valence-electron chi connectivity index (χ4n) is 2.09. The SMILES string of the molecule is CCOC(=O)N1CCN(C(=O)Cc2nc(CCl)cs2)CC1. The second kappa shape index (κ2) is 7.61. The van der Waals surface area contributed by atoms with Gasteiger partial charge in [0.05, 0.1) is 24.6 Å². The number of halogens is 1. The molecule has 1 aromatic rings. The van der Waals surface area contributed by atoms with Gasteiger partial charge in [-0.05, 0) is 6.92 Å². The number of carbonyl (C=O) groups is 2. The van der Waals surface area contributed by atoms with Crippen LogP contribution in [-0.4, -0.2) is 59.6 Å². The lowest BCUT2D eigenvalue weighted by atomic mass is 10.3. The monoisotopic (exact) mass is 331 g/mol. The van der Waals surface area contributed by atoms with Crippen LogP contribution >= 0.6 is 22.9 Å². The van der Waals surface area contributed by atoms with Crippen LogP contribution in [0.3, 0.4) is 0 Å². The van der Waals surface area contributed by atoms with E-state index in [0.717, 1.165) is 10.7 Å². The molecule has 1 fully saturated rings. The van der Waals surface area contributed by atoms with Gasteiger partial charge in [-0.25, -0.2) is 9.78 Å². The second-order valence-electron chi connectivity index (χ2n) is 4.61. The lowest BCUT2D eigenvalue weighted by molar-refractivity contribution is -0.132. The van der Waals surface area contributed by atoms with Crippen molar-refractivity contribution in [3.05, 3.63) is 16.1 Å². The summed E-state index contributed by atoms with van der Waals surface area (Å²) < 4.78 is 4.95. The molecule has 0 spiro atoms. The van der Waals surface area contributed by atoms with Crippen LogP contribution in [0.15, 0.2) is 5.38 Å². The minimum atomic E-state index is -0.309. The maximum Gasteiger partial charge on any atom is 0.409 e. The van der Waals surface area contributed by atoms with Gasteiger partial charge in [0.25, 0.3) is 0 Å². The van der Waals surface area contributed by atoms with Crippen molar-refractivity contribution in [3.8, 4) is 0 Å². The summed E-state index contributed by atoms with van der Waals surface area (Å²) in [6, 6.07) is 0. The summed E-state index contributed by atoms with van der Waals surface area (Å²) in [7, 11) is 0. The van der Waals surface area contributed by atoms with Crippen LogP contribution in [0.5, 0.6) is 0 Å². The second-order valence-corrected chi connectivity index (χ2v) is 5.82. The number of nitrogens with zero attached hydrogens (tertiary/aromatic N) is 3. The van der Waals surface area contributed by atoms with E-state index < -0.39 is 0 Å². The molecule has 1 aromatic heterocycles. The van der Waals surface area contributed by atoms with Gasteiger partial charge in [-0.15, -0.1) is 22.9 Å². The topological polar surface area (TPSA) is 62.7 Å². The highest BCUT2D eigenvalue weighted by Crippen LogP contribution is 2.14. The zero-order chi connectivity index (χ0) is 15.2. The Morgan fingerprint density at radius 2 is 2.00 bits per heavy atom. The van der Waals surface area contributed by atoms with Crippen LogP contribution in [0.1, 0.15) is 17.6 Å². The summed E-state index contributed by atoms with van der Waals surface area (Å²) >= 11 is 7.15. The Kier molecular flexibility index (Phi) is 5.81.